The molecule has 12 heavy (non-hydrogen) atoms. The van der Waals surface area contributed by atoms with Crippen LogP contribution >= 0.6 is 0 Å². The summed E-state index contributed by atoms with van der Waals surface area (Å²) >= 11 is 0. The molecule has 0 spiro atoms. The quantitative estimate of drug-likeness (QED) is 0.710. The van der Waals surface area contributed by atoms with Crippen LogP contribution in [-0.2, 0) is 0 Å². The molecule has 2 heteroatoms. The van der Waals surface area contributed by atoms with E-state index in [2.05, 4.69) is 11.9 Å². The van der Waals surface area contributed by atoms with Crippen LogP contribution in [0.3, 0.4) is 0 Å². The van der Waals surface area contributed by atoms with Crippen LogP contribution in [0.25, 0.3) is 0 Å². The zero-order valence-corrected chi connectivity index (χ0v) is 7.32. The molecule has 0 unspecified atom stereocenters. The van der Waals surface area contributed by atoms with Crippen LogP contribution in [0.15, 0.2) is 30.5 Å². The average molecular weight is 165 g/mol. The predicted molar refractivity (Wildman–Crippen MR) is 49.6 cm³/mol. The number of hydrogen-bond acceptors (Lipinski definition) is 1. The lowest BCUT2D eigenvalue weighted by Crippen LogP contribution is -1.96. The van der Waals surface area contributed by atoms with Crippen LogP contribution in [-0.4, -0.2) is 0 Å². The summed E-state index contributed by atoms with van der Waals surface area (Å²) in [4.78, 5) is 0. The van der Waals surface area contributed by atoms with Crippen molar-refractivity contribution in [1.82, 2.24) is 0 Å². The third-order valence-electron chi connectivity index (χ3n) is 1.47. The van der Waals surface area contributed by atoms with E-state index in [0.717, 1.165) is 11.3 Å². The van der Waals surface area contributed by atoms with Crippen molar-refractivity contribution in [2.45, 2.75) is 13.8 Å². The maximum atomic E-state index is 13.1. The van der Waals surface area contributed by atoms with Crippen molar-refractivity contribution in [1.29, 1.82) is 0 Å². The minimum absolute atomic E-state index is 0.238. The number of aryl methyl sites for hydroxylation is 1. The first-order valence-electron chi connectivity index (χ1n) is 3.78. The Morgan fingerprint density at radius 1 is 1.50 bits per heavy atom. The number of benzene rings is 1. The molecule has 0 heterocycles. The van der Waals surface area contributed by atoms with Crippen LogP contribution < -0.4 is 5.32 Å². The van der Waals surface area contributed by atoms with E-state index >= 15 is 0 Å². The molecule has 0 fully saturated rings. The molecule has 1 N–H and O–H groups in total. The van der Waals surface area contributed by atoms with E-state index in [1.54, 1.807) is 13.0 Å². The van der Waals surface area contributed by atoms with Gasteiger partial charge in [-0.15, -0.1) is 0 Å². The fourth-order valence-electron chi connectivity index (χ4n) is 0.951. The van der Waals surface area contributed by atoms with Crippen LogP contribution in [0, 0.1) is 12.7 Å². The van der Waals surface area contributed by atoms with Crippen LogP contribution in [0.4, 0.5) is 10.1 Å². The Hall–Kier alpha value is -1.31. The summed E-state index contributed by atoms with van der Waals surface area (Å²) in [5.41, 5.74) is 2.13. The summed E-state index contributed by atoms with van der Waals surface area (Å²) in [7, 11) is 0. The zero-order valence-electron chi connectivity index (χ0n) is 7.32. The molecule has 0 saturated carbocycles. The summed E-state index contributed by atoms with van der Waals surface area (Å²) in [5, 5.41) is 2.83. The van der Waals surface area contributed by atoms with Crippen LogP contribution in [0.5, 0.6) is 0 Å². The highest BCUT2D eigenvalue weighted by Crippen LogP contribution is 2.16. The lowest BCUT2D eigenvalue weighted by Gasteiger charge is -2.06. The van der Waals surface area contributed by atoms with Gasteiger partial charge in [-0.2, -0.15) is 0 Å². The molecular weight excluding hydrogens is 153 g/mol. The summed E-state index contributed by atoms with van der Waals surface area (Å²) in [6.45, 7) is 7.28. The third kappa shape index (κ3) is 2.09. The molecule has 0 saturated heterocycles. The van der Waals surface area contributed by atoms with E-state index in [4.69, 9.17) is 0 Å². The Labute approximate surface area is 71.9 Å². The van der Waals surface area contributed by atoms with Gasteiger partial charge >= 0.3 is 0 Å². The summed E-state index contributed by atoms with van der Waals surface area (Å²) < 4.78 is 13.1. The number of nitrogens with one attached hydrogen (secondary N) is 1. The maximum Gasteiger partial charge on any atom is 0.146 e. The smallest absolute Gasteiger partial charge is 0.146 e. The molecule has 1 aromatic rings. The Morgan fingerprint density at radius 2 is 2.17 bits per heavy atom. The molecule has 0 aliphatic rings. The monoisotopic (exact) mass is 165 g/mol. The lowest BCUT2D eigenvalue weighted by atomic mass is 10.2. The van der Waals surface area contributed by atoms with Gasteiger partial charge in [-0.3, -0.25) is 0 Å². The third-order valence-corrected chi connectivity index (χ3v) is 1.47. The van der Waals surface area contributed by atoms with Crippen molar-refractivity contribution in [2.75, 3.05) is 5.32 Å². The van der Waals surface area contributed by atoms with Crippen molar-refractivity contribution in [3.8, 4) is 0 Å². The van der Waals surface area contributed by atoms with Gasteiger partial charge < -0.3 is 5.32 Å². The summed E-state index contributed by atoms with van der Waals surface area (Å²) in [6.07, 6.45) is 0. The van der Waals surface area contributed by atoms with Crippen molar-refractivity contribution >= 4 is 5.69 Å². The van der Waals surface area contributed by atoms with Gasteiger partial charge in [0.15, 0.2) is 0 Å². The highest BCUT2D eigenvalue weighted by molar-refractivity contribution is 5.49. The second kappa shape index (κ2) is 3.39. The standard InChI is InChI=1S/C10H12FN/c1-7(2)12-10-5-4-8(3)6-9(10)11/h4-6,12H,1H2,2-3H3. The van der Waals surface area contributed by atoms with Crippen molar-refractivity contribution in [3.05, 3.63) is 41.9 Å². The Kier molecular flexibility index (Phi) is 2.48. The Balaban J connectivity index is 2.93. The molecule has 0 aliphatic heterocycles. The SMILES string of the molecule is C=C(C)Nc1ccc(C)cc1F. The Bertz CT molecular complexity index is 305. The fourth-order valence-corrected chi connectivity index (χ4v) is 0.951. The molecule has 0 atom stereocenters. The van der Waals surface area contributed by atoms with Gasteiger partial charge in [0.1, 0.15) is 5.82 Å². The van der Waals surface area contributed by atoms with Gasteiger partial charge in [0.2, 0.25) is 0 Å². The summed E-state index contributed by atoms with van der Waals surface area (Å²) in [5.74, 6) is -0.238. The first-order valence-corrected chi connectivity index (χ1v) is 3.78. The number of allylic oxidation sites excluding steroid dienone is 1. The van der Waals surface area contributed by atoms with Crippen molar-refractivity contribution in [2.24, 2.45) is 0 Å². The maximum absolute atomic E-state index is 13.1. The minimum atomic E-state index is -0.238. The second-order valence-corrected chi connectivity index (χ2v) is 2.89. The Morgan fingerprint density at radius 3 is 2.67 bits per heavy atom. The van der Waals surface area contributed by atoms with Gasteiger partial charge in [-0.25, -0.2) is 4.39 Å². The van der Waals surface area contributed by atoms with Crippen molar-refractivity contribution < 1.29 is 4.39 Å². The normalized spacial score (nSPS) is 9.58. The largest absolute Gasteiger partial charge is 0.357 e. The first-order chi connectivity index (χ1) is 5.59. The number of halogens is 1. The van der Waals surface area contributed by atoms with E-state index in [0.29, 0.717) is 5.69 Å². The van der Waals surface area contributed by atoms with E-state index in [9.17, 15) is 4.39 Å². The highest BCUT2D eigenvalue weighted by Gasteiger charge is 1.99. The number of anilines is 1. The molecule has 0 aromatic heterocycles. The molecule has 0 radical (unpaired) electrons. The van der Waals surface area contributed by atoms with Crippen LogP contribution in [0.1, 0.15) is 12.5 Å². The average Bonchev–Trinajstić information content (AvgIpc) is 1.94. The van der Waals surface area contributed by atoms with Gasteiger partial charge in [-0.1, -0.05) is 12.6 Å². The summed E-state index contributed by atoms with van der Waals surface area (Å²) in [6, 6.07) is 5.05. The molecule has 1 nitrogen and oxygen atoms in total. The van der Waals surface area contributed by atoms with Gasteiger partial charge in [0, 0.05) is 5.70 Å². The number of hydrogen-bond donors (Lipinski definition) is 1. The molecular formula is C10H12FN. The van der Waals surface area contributed by atoms with E-state index in [1.807, 2.05) is 13.0 Å². The number of rotatable bonds is 2. The molecule has 1 aromatic carbocycles. The van der Waals surface area contributed by atoms with E-state index in [1.165, 1.54) is 6.07 Å². The molecule has 64 valence electrons. The molecule has 0 aliphatic carbocycles. The lowest BCUT2D eigenvalue weighted by molar-refractivity contribution is 0.630. The molecule has 0 amide bonds. The second-order valence-electron chi connectivity index (χ2n) is 2.89. The van der Waals surface area contributed by atoms with Gasteiger partial charge in [0.05, 0.1) is 5.69 Å². The molecule has 0 bridgehead atoms. The van der Waals surface area contributed by atoms with Gasteiger partial charge in [0.25, 0.3) is 0 Å². The highest BCUT2D eigenvalue weighted by atomic mass is 19.1. The topological polar surface area (TPSA) is 12.0 Å². The van der Waals surface area contributed by atoms with Crippen LogP contribution in [0.2, 0.25) is 0 Å². The first kappa shape index (κ1) is 8.78. The fraction of sp³-hybridized carbons (Fsp3) is 0.200. The zero-order chi connectivity index (χ0) is 9.14. The molecule has 1 rings (SSSR count). The predicted octanol–water partition coefficient (Wildman–Crippen LogP) is 3.08. The van der Waals surface area contributed by atoms with E-state index < -0.39 is 0 Å². The van der Waals surface area contributed by atoms with Gasteiger partial charge in [-0.05, 0) is 31.5 Å². The van der Waals surface area contributed by atoms with Crippen molar-refractivity contribution in [3.63, 3.8) is 0 Å². The van der Waals surface area contributed by atoms with E-state index in [-0.39, 0.29) is 5.82 Å². The minimum Gasteiger partial charge on any atom is -0.357 e.